The van der Waals surface area contributed by atoms with Gasteiger partial charge in [-0.05, 0) is 62.1 Å². The Morgan fingerprint density at radius 3 is 2.81 bits per heavy atom. The summed E-state index contributed by atoms with van der Waals surface area (Å²) in [6.45, 7) is 2.98. The lowest BCUT2D eigenvalue weighted by atomic mass is 9.95. The maximum absolute atomic E-state index is 5.66. The van der Waals surface area contributed by atoms with Gasteiger partial charge in [0, 0.05) is 21.9 Å². The van der Waals surface area contributed by atoms with Crippen LogP contribution in [0.5, 0.6) is 0 Å². The fraction of sp³-hybridized carbons (Fsp3) is 0.333. The Morgan fingerprint density at radius 1 is 1.24 bits per heavy atom. The third kappa shape index (κ3) is 2.85. The van der Waals surface area contributed by atoms with Crippen LogP contribution in [0.3, 0.4) is 0 Å². The van der Waals surface area contributed by atoms with Crippen molar-refractivity contribution in [3.63, 3.8) is 0 Å². The molecule has 1 heterocycles. The van der Waals surface area contributed by atoms with E-state index in [4.69, 9.17) is 5.73 Å². The van der Waals surface area contributed by atoms with E-state index in [1.165, 1.54) is 35.3 Å². The van der Waals surface area contributed by atoms with Crippen LogP contribution in [0, 0.1) is 0 Å². The molecule has 0 aliphatic carbocycles. The molecule has 2 aromatic carbocycles. The van der Waals surface area contributed by atoms with Crippen LogP contribution >= 0.6 is 15.9 Å². The first-order chi connectivity index (χ1) is 10.2. The van der Waals surface area contributed by atoms with Gasteiger partial charge in [0.15, 0.2) is 0 Å². The summed E-state index contributed by atoms with van der Waals surface area (Å²) in [4.78, 5) is 2.45. The molecule has 3 heteroatoms. The second kappa shape index (κ2) is 6.20. The number of hydrogen-bond acceptors (Lipinski definition) is 2. The molecule has 0 saturated carbocycles. The van der Waals surface area contributed by atoms with Gasteiger partial charge in [-0.15, -0.1) is 0 Å². The third-order valence-electron chi connectivity index (χ3n) is 4.25. The molecule has 0 bridgehead atoms. The van der Waals surface area contributed by atoms with Gasteiger partial charge < -0.3 is 10.6 Å². The Morgan fingerprint density at radius 2 is 2.05 bits per heavy atom. The van der Waals surface area contributed by atoms with Gasteiger partial charge >= 0.3 is 0 Å². The van der Waals surface area contributed by atoms with Gasteiger partial charge in [-0.25, -0.2) is 0 Å². The largest absolute Gasteiger partial charge is 0.338 e. The number of rotatable bonds is 3. The van der Waals surface area contributed by atoms with Gasteiger partial charge in [-0.3, -0.25) is 0 Å². The van der Waals surface area contributed by atoms with Crippen molar-refractivity contribution in [1.29, 1.82) is 0 Å². The van der Waals surface area contributed by atoms with Crippen molar-refractivity contribution in [2.24, 2.45) is 5.73 Å². The second-order valence-corrected chi connectivity index (χ2v) is 6.56. The summed E-state index contributed by atoms with van der Waals surface area (Å²) in [6.07, 6.45) is 3.27. The minimum absolute atomic E-state index is 0.521. The number of anilines is 2. The quantitative estimate of drug-likeness (QED) is 0.892. The molecule has 0 amide bonds. The Hall–Kier alpha value is -1.32. The standard InChI is InChI=1S/C18H21BrN2/c1-13-6-7-15-4-2-3-5-18(15)21(13)16-9-8-14(10-11-20)17(19)12-16/h2-5,8-9,12-13H,6-7,10-11,20H2,1H3. The van der Waals surface area contributed by atoms with Crippen LogP contribution in [-0.4, -0.2) is 12.6 Å². The molecule has 110 valence electrons. The maximum atomic E-state index is 5.66. The predicted molar refractivity (Wildman–Crippen MR) is 93.3 cm³/mol. The van der Waals surface area contributed by atoms with E-state index in [1.807, 2.05) is 0 Å². The minimum atomic E-state index is 0.521. The Kier molecular flexibility index (Phi) is 4.32. The van der Waals surface area contributed by atoms with Crippen LogP contribution in [0.2, 0.25) is 0 Å². The average molecular weight is 345 g/mol. The van der Waals surface area contributed by atoms with E-state index >= 15 is 0 Å². The number of hydrogen-bond donors (Lipinski definition) is 1. The van der Waals surface area contributed by atoms with Crippen molar-refractivity contribution in [3.05, 3.63) is 58.1 Å². The molecule has 1 unspecified atom stereocenters. The molecule has 2 N–H and O–H groups in total. The van der Waals surface area contributed by atoms with Crippen LogP contribution in [-0.2, 0) is 12.8 Å². The summed E-state index contributed by atoms with van der Waals surface area (Å²) in [6, 6.07) is 15.9. The lowest BCUT2D eigenvalue weighted by molar-refractivity contribution is 0.618. The van der Waals surface area contributed by atoms with Crippen molar-refractivity contribution >= 4 is 27.3 Å². The molecule has 2 nitrogen and oxygen atoms in total. The molecule has 0 radical (unpaired) electrons. The third-order valence-corrected chi connectivity index (χ3v) is 4.99. The van der Waals surface area contributed by atoms with Gasteiger partial charge in [0.05, 0.1) is 0 Å². The molecule has 0 aromatic heterocycles. The lowest BCUT2D eigenvalue weighted by Crippen LogP contribution is -2.33. The number of nitrogens with zero attached hydrogens (tertiary/aromatic N) is 1. The highest BCUT2D eigenvalue weighted by Crippen LogP contribution is 2.38. The number of benzene rings is 2. The fourth-order valence-corrected chi connectivity index (χ4v) is 3.69. The van der Waals surface area contributed by atoms with Crippen molar-refractivity contribution in [3.8, 4) is 0 Å². The van der Waals surface area contributed by atoms with E-state index in [0.29, 0.717) is 12.6 Å². The Labute approximate surface area is 135 Å². The smallest absolute Gasteiger partial charge is 0.0445 e. The first-order valence-electron chi connectivity index (χ1n) is 7.56. The zero-order chi connectivity index (χ0) is 14.8. The van der Waals surface area contributed by atoms with Crippen LogP contribution in [0.4, 0.5) is 11.4 Å². The monoisotopic (exact) mass is 344 g/mol. The summed E-state index contributed by atoms with van der Waals surface area (Å²) < 4.78 is 1.15. The summed E-state index contributed by atoms with van der Waals surface area (Å²) in [5.41, 5.74) is 11.0. The number of halogens is 1. The molecule has 1 aliphatic rings. The molecule has 0 spiro atoms. The first-order valence-corrected chi connectivity index (χ1v) is 8.35. The number of para-hydroxylation sites is 1. The van der Waals surface area contributed by atoms with Gasteiger partial charge in [-0.2, -0.15) is 0 Å². The molecular weight excluding hydrogens is 324 g/mol. The predicted octanol–water partition coefficient (Wildman–Crippen LogP) is 4.42. The second-order valence-electron chi connectivity index (χ2n) is 5.70. The van der Waals surface area contributed by atoms with Crippen molar-refractivity contribution < 1.29 is 0 Å². The molecule has 0 saturated heterocycles. The maximum Gasteiger partial charge on any atom is 0.0445 e. The number of nitrogens with two attached hydrogens (primary N) is 1. The van der Waals surface area contributed by atoms with Gasteiger partial charge in [0.25, 0.3) is 0 Å². The van der Waals surface area contributed by atoms with Crippen LogP contribution < -0.4 is 10.6 Å². The zero-order valence-electron chi connectivity index (χ0n) is 12.3. The molecule has 1 aliphatic heterocycles. The van der Waals surface area contributed by atoms with E-state index < -0.39 is 0 Å². The molecule has 21 heavy (non-hydrogen) atoms. The molecular formula is C18H21BrN2. The van der Waals surface area contributed by atoms with Crippen molar-refractivity contribution in [2.75, 3.05) is 11.4 Å². The summed E-state index contributed by atoms with van der Waals surface area (Å²) in [7, 11) is 0. The van der Waals surface area contributed by atoms with E-state index in [0.717, 1.165) is 10.9 Å². The van der Waals surface area contributed by atoms with Gasteiger partial charge in [0.2, 0.25) is 0 Å². The number of aryl methyl sites for hydroxylation is 1. The lowest BCUT2D eigenvalue weighted by Gasteiger charge is -2.37. The molecule has 1 atom stereocenters. The normalized spacial score (nSPS) is 17.7. The summed E-state index contributed by atoms with van der Waals surface area (Å²) in [5, 5.41) is 0. The summed E-state index contributed by atoms with van der Waals surface area (Å²) in [5.74, 6) is 0. The highest BCUT2D eigenvalue weighted by atomic mass is 79.9. The minimum Gasteiger partial charge on any atom is -0.338 e. The molecule has 0 fully saturated rings. The van der Waals surface area contributed by atoms with Gasteiger partial charge in [0.1, 0.15) is 0 Å². The van der Waals surface area contributed by atoms with Crippen LogP contribution in [0.15, 0.2) is 46.9 Å². The number of fused-ring (bicyclic) bond motifs is 1. The van der Waals surface area contributed by atoms with E-state index in [9.17, 15) is 0 Å². The Bertz CT molecular complexity index is 639. The topological polar surface area (TPSA) is 29.3 Å². The van der Waals surface area contributed by atoms with Crippen molar-refractivity contribution in [2.45, 2.75) is 32.2 Å². The fourth-order valence-electron chi connectivity index (χ4n) is 3.13. The first kappa shape index (κ1) is 14.6. The molecule has 3 rings (SSSR count). The molecule has 2 aromatic rings. The van der Waals surface area contributed by atoms with Crippen molar-refractivity contribution in [1.82, 2.24) is 0 Å². The van der Waals surface area contributed by atoms with E-state index in [1.54, 1.807) is 0 Å². The highest BCUT2D eigenvalue weighted by Gasteiger charge is 2.24. The SMILES string of the molecule is CC1CCc2ccccc2N1c1ccc(CCN)c(Br)c1. The van der Waals surface area contributed by atoms with Crippen LogP contribution in [0.1, 0.15) is 24.5 Å². The Balaban J connectivity index is 2.01. The summed E-state index contributed by atoms with van der Waals surface area (Å²) >= 11 is 3.69. The highest BCUT2D eigenvalue weighted by molar-refractivity contribution is 9.10. The average Bonchev–Trinajstić information content (AvgIpc) is 2.49. The van der Waals surface area contributed by atoms with Crippen LogP contribution in [0.25, 0.3) is 0 Å². The zero-order valence-corrected chi connectivity index (χ0v) is 13.9. The van der Waals surface area contributed by atoms with E-state index in [2.05, 4.69) is 70.2 Å². The van der Waals surface area contributed by atoms with E-state index in [-0.39, 0.29) is 0 Å². The van der Waals surface area contributed by atoms with Gasteiger partial charge in [-0.1, -0.05) is 40.2 Å².